The highest BCUT2D eigenvalue weighted by atomic mass is 16.2. The lowest BCUT2D eigenvalue weighted by Crippen LogP contribution is -2.34. The third kappa shape index (κ3) is 5.29. The summed E-state index contributed by atoms with van der Waals surface area (Å²) in [5.41, 5.74) is 1.03. The fraction of sp³-hybridized carbons (Fsp3) is 0.333. The first-order valence-electron chi connectivity index (χ1n) is 7.93. The Morgan fingerprint density at radius 3 is 2.57 bits per heavy atom. The molecule has 0 unspecified atom stereocenters. The van der Waals surface area contributed by atoms with Crippen LogP contribution < -0.4 is 15.8 Å². The predicted molar refractivity (Wildman–Crippen MR) is 92.7 cm³/mol. The van der Waals surface area contributed by atoms with Crippen molar-refractivity contribution in [2.45, 2.75) is 19.9 Å². The Morgan fingerprint density at radius 1 is 1.13 bits per heavy atom. The van der Waals surface area contributed by atoms with Crippen LogP contribution in [0.4, 0.5) is 5.69 Å². The van der Waals surface area contributed by atoms with Crippen LogP contribution in [0.2, 0.25) is 0 Å². The Labute approximate surface area is 136 Å². The van der Waals surface area contributed by atoms with E-state index in [2.05, 4.69) is 29.3 Å². The molecule has 2 aromatic rings. The van der Waals surface area contributed by atoms with Gasteiger partial charge in [-0.15, -0.1) is 0 Å². The fourth-order valence-electron chi connectivity index (χ4n) is 2.41. The minimum atomic E-state index is -0.163. The van der Waals surface area contributed by atoms with E-state index in [1.807, 2.05) is 18.2 Å². The van der Waals surface area contributed by atoms with Crippen molar-refractivity contribution in [2.24, 2.45) is 0 Å². The molecule has 1 aromatic carbocycles. The maximum atomic E-state index is 11.9. The van der Waals surface area contributed by atoms with Crippen LogP contribution in [0.1, 0.15) is 13.3 Å². The van der Waals surface area contributed by atoms with E-state index in [1.165, 1.54) is 16.3 Å². The molecule has 0 radical (unpaired) electrons. The van der Waals surface area contributed by atoms with Gasteiger partial charge in [0.2, 0.25) is 5.91 Å². The van der Waals surface area contributed by atoms with E-state index < -0.39 is 0 Å². The summed E-state index contributed by atoms with van der Waals surface area (Å²) in [5.74, 6) is -0.138. The molecule has 0 aliphatic carbocycles. The molecule has 0 fully saturated rings. The SMILES string of the molecule is CCN(CCCNC(=O)Cn1ccccc1=O)c1ccccc1. The molecule has 5 nitrogen and oxygen atoms in total. The molecule has 1 amide bonds. The monoisotopic (exact) mass is 313 g/mol. The second-order valence-corrected chi connectivity index (χ2v) is 5.29. The van der Waals surface area contributed by atoms with Gasteiger partial charge in [0.25, 0.3) is 5.56 Å². The molecule has 23 heavy (non-hydrogen) atoms. The third-order valence-corrected chi connectivity index (χ3v) is 3.64. The smallest absolute Gasteiger partial charge is 0.250 e. The number of aromatic nitrogens is 1. The van der Waals surface area contributed by atoms with Gasteiger partial charge in [-0.2, -0.15) is 0 Å². The summed E-state index contributed by atoms with van der Waals surface area (Å²) in [6, 6.07) is 15.1. The zero-order chi connectivity index (χ0) is 16.5. The zero-order valence-electron chi connectivity index (χ0n) is 13.4. The standard InChI is InChI=1S/C18H23N3O2/c1-2-20(16-9-4-3-5-10-16)14-8-12-19-17(22)15-21-13-7-6-11-18(21)23/h3-7,9-11,13H,2,8,12,14-15H2,1H3,(H,19,22). The minimum Gasteiger partial charge on any atom is -0.372 e. The average molecular weight is 313 g/mol. The highest BCUT2D eigenvalue weighted by Gasteiger charge is 2.05. The summed E-state index contributed by atoms with van der Waals surface area (Å²) >= 11 is 0. The third-order valence-electron chi connectivity index (χ3n) is 3.64. The first kappa shape index (κ1) is 16.8. The second-order valence-electron chi connectivity index (χ2n) is 5.29. The maximum Gasteiger partial charge on any atom is 0.250 e. The number of carbonyl (C=O) groups is 1. The van der Waals surface area contributed by atoms with Gasteiger partial charge >= 0.3 is 0 Å². The summed E-state index contributed by atoms with van der Waals surface area (Å²) in [6.45, 7) is 4.59. The quantitative estimate of drug-likeness (QED) is 0.757. The van der Waals surface area contributed by atoms with Crippen molar-refractivity contribution in [1.82, 2.24) is 9.88 Å². The molecule has 1 N–H and O–H groups in total. The van der Waals surface area contributed by atoms with Crippen molar-refractivity contribution in [2.75, 3.05) is 24.5 Å². The molecular weight excluding hydrogens is 290 g/mol. The van der Waals surface area contributed by atoms with Crippen LogP contribution in [-0.2, 0) is 11.3 Å². The number of hydrogen-bond donors (Lipinski definition) is 1. The Kier molecular flexibility index (Phi) is 6.41. The topological polar surface area (TPSA) is 54.3 Å². The first-order valence-corrected chi connectivity index (χ1v) is 7.93. The largest absolute Gasteiger partial charge is 0.372 e. The van der Waals surface area contributed by atoms with Gasteiger partial charge in [0.1, 0.15) is 6.54 Å². The van der Waals surface area contributed by atoms with E-state index in [0.29, 0.717) is 6.54 Å². The molecule has 122 valence electrons. The number of amides is 1. The molecule has 0 aliphatic rings. The minimum absolute atomic E-state index is 0.0653. The van der Waals surface area contributed by atoms with E-state index in [1.54, 1.807) is 18.3 Å². The predicted octanol–water partition coefficient (Wildman–Crippen LogP) is 1.88. The highest BCUT2D eigenvalue weighted by Crippen LogP contribution is 2.12. The zero-order valence-corrected chi connectivity index (χ0v) is 13.4. The Bertz CT molecular complexity index is 667. The van der Waals surface area contributed by atoms with Crippen molar-refractivity contribution in [3.05, 3.63) is 65.1 Å². The second kappa shape index (κ2) is 8.78. The number of nitrogens with zero attached hydrogens (tertiary/aromatic N) is 2. The van der Waals surface area contributed by atoms with Gasteiger partial charge in [-0.25, -0.2) is 0 Å². The number of hydrogen-bond acceptors (Lipinski definition) is 3. The molecule has 1 heterocycles. The average Bonchev–Trinajstić information content (AvgIpc) is 2.58. The van der Waals surface area contributed by atoms with Crippen molar-refractivity contribution >= 4 is 11.6 Å². The lowest BCUT2D eigenvalue weighted by Gasteiger charge is -2.23. The number of benzene rings is 1. The fourth-order valence-corrected chi connectivity index (χ4v) is 2.41. The Hall–Kier alpha value is -2.56. The molecule has 0 saturated heterocycles. The van der Waals surface area contributed by atoms with Gasteiger partial charge < -0.3 is 14.8 Å². The number of carbonyl (C=O) groups excluding carboxylic acids is 1. The van der Waals surface area contributed by atoms with Gasteiger partial charge in [-0.3, -0.25) is 9.59 Å². The van der Waals surface area contributed by atoms with Gasteiger partial charge in [0.05, 0.1) is 0 Å². The number of para-hydroxylation sites is 1. The lowest BCUT2D eigenvalue weighted by molar-refractivity contribution is -0.121. The molecule has 2 rings (SSSR count). The van der Waals surface area contributed by atoms with E-state index >= 15 is 0 Å². The highest BCUT2D eigenvalue weighted by molar-refractivity contribution is 5.75. The van der Waals surface area contributed by atoms with E-state index in [4.69, 9.17) is 0 Å². The summed E-state index contributed by atoms with van der Waals surface area (Å²) in [5, 5.41) is 2.86. The molecular formula is C18H23N3O2. The van der Waals surface area contributed by atoms with Crippen LogP contribution >= 0.6 is 0 Å². The molecule has 0 aliphatic heterocycles. The maximum absolute atomic E-state index is 11.9. The van der Waals surface area contributed by atoms with E-state index in [0.717, 1.165) is 19.5 Å². The molecule has 1 aromatic heterocycles. The van der Waals surface area contributed by atoms with Crippen LogP contribution in [0.25, 0.3) is 0 Å². The van der Waals surface area contributed by atoms with Crippen molar-refractivity contribution < 1.29 is 4.79 Å². The first-order chi connectivity index (χ1) is 11.2. The van der Waals surface area contributed by atoms with Gasteiger partial charge in [-0.05, 0) is 31.5 Å². The van der Waals surface area contributed by atoms with Crippen molar-refractivity contribution in [1.29, 1.82) is 0 Å². The number of rotatable bonds is 8. The molecule has 5 heteroatoms. The summed E-state index contributed by atoms with van der Waals surface area (Å²) in [4.78, 5) is 25.7. The van der Waals surface area contributed by atoms with Crippen LogP contribution in [0.15, 0.2) is 59.5 Å². The Morgan fingerprint density at radius 2 is 1.87 bits per heavy atom. The van der Waals surface area contributed by atoms with Crippen LogP contribution in [0.5, 0.6) is 0 Å². The molecule has 0 bridgehead atoms. The van der Waals surface area contributed by atoms with Crippen LogP contribution in [0, 0.1) is 0 Å². The van der Waals surface area contributed by atoms with E-state index in [-0.39, 0.29) is 18.0 Å². The molecule has 0 spiro atoms. The van der Waals surface area contributed by atoms with Crippen LogP contribution in [0.3, 0.4) is 0 Å². The number of anilines is 1. The summed E-state index contributed by atoms with van der Waals surface area (Å²) < 4.78 is 1.40. The normalized spacial score (nSPS) is 10.3. The van der Waals surface area contributed by atoms with E-state index in [9.17, 15) is 9.59 Å². The van der Waals surface area contributed by atoms with Crippen LogP contribution in [-0.4, -0.2) is 30.1 Å². The van der Waals surface area contributed by atoms with Gasteiger partial charge in [0, 0.05) is 37.6 Å². The lowest BCUT2D eigenvalue weighted by atomic mass is 10.2. The van der Waals surface area contributed by atoms with Crippen molar-refractivity contribution in [3.8, 4) is 0 Å². The molecule has 0 saturated carbocycles. The summed E-state index contributed by atoms with van der Waals surface area (Å²) in [6.07, 6.45) is 2.48. The molecule has 0 atom stereocenters. The van der Waals surface area contributed by atoms with Gasteiger partial charge in [-0.1, -0.05) is 24.3 Å². The summed E-state index contributed by atoms with van der Waals surface area (Å²) in [7, 11) is 0. The number of nitrogens with one attached hydrogen (secondary N) is 1. The van der Waals surface area contributed by atoms with Crippen molar-refractivity contribution in [3.63, 3.8) is 0 Å². The Balaban J connectivity index is 1.73. The number of pyridine rings is 1. The van der Waals surface area contributed by atoms with Gasteiger partial charge in [0.15, 0.2) is 0 Å².